The lowest BCUT2D eigenvalue weighted by Gasteiger charge is -2.00. The zero-order chi connectivity index (χ0) is 12.6. The first-order valence-corrected chi connectivity index (χ1v) is 7.09. The van der Waals surface area contributed by atoms with E-state index in [1.807, 2.05) is 19.1 Å². The second kappa shape index (κ2) is 4.96. The number of ether oxygens (including phenoxy) is 1. The molecular weight excluding hydrogens is 324 g/mol. The fraction of sp³-hybridized carbons (Fsp3) is 0.250. The van der Waals surface area contributed by atoms with Gasteiger partial charge in [0.05, 0.1) is 16.3 Å². The van der Waals surface area contributed by atoms with E-state index in [1.54, 1.807) is 6.92 Å². The van der Waals surface area contributed by atoms with Crippen molar-refractivity contribution in [2.45, 2.75) is 13.8 Å². The molecule has 0 radical (unpaired) electrons. The maximum atomic E-state index is 11.8. The van der Waals surface area contributed by atoms with Gasteiger partial charge in [-0.1, -0.05) is 27.5 Å². The van der Waals surface area contributed by atoms with Crippen LogP contribution < -0.4 is 0 Å². The van der Waals surface area contributed by atoms with Crippen LogP contribution >= 0.6 is 38.9 Å². The average Bonchev–Trinajstić information content (AvgIpc) is 2.63. The van der Waals surface area contributed by atoms with Crippen molar-refractivity contribution in [3.63, 3.8) is 0 Å². The molecule has 0 unspecified atom stereocenters. The molecule has 0 N–H and O–H groups in total. The molecule has 0 fully saturated rings. The van der Waals surface area contributed by atoms with Crippen LogP contribution in [-0.2, 0) is 4.74 Å². The summed E-state index contributed by atoms with van der Waals surface area (Å²) in [5.74, 6) is -0.283. The van der Waals surface area contributed by atoms with Crippen molar-refractivity contribution in [1.82, 2.24) is 0 Å². The van der Waals surface area contributed by atoms with Crippen LogP contribution in [0.4, 0.5) is 0 Å². The van der Waals surface area contributed by atoms with Crippen LogP contribution in [0.15, 0.2) is 16.6 Å². The second-order valence-electron chi connectivity index (χ2n) is 3.51. The molecule has 0 saturated heterocycles. The summed E-state index contributed by atoms with van der Waals surface area (Å²) in [7, 11) is 0. The molecule has 1 heterocycles. The Morgan fingerprint density at radius 1 is 1.53 bits per heavy atom. The van der Waals surface area contributed by atoms with Gasteiger partial charge in [0.1, 0.15) is 4.88 Å². The van der Waals surface area contributed by atoms with E-state index in [4.69, 9.17) is 16.3 Å². The maximum absolute atomic E-state index is 11.8. The lowest BCUT2D eigenvalue weighted by Crippen LogP contribution is -2.03. The maximum Gasteiger partial charge on any atom is 0.348 e. The minimum atomic E-state index is -0.283. The second-order valence-corrected chi connectivity index (χ2v) is 5.79. The highest BCUT2D eigenvalue weighted by Gasteiger charge is 2.19. The lowest BCUT2D eigenvalue weighted by atomic mass is 10.1. The van der Waals surface area contributed by atoms with Gasteiger partial charge in [-0.2, -0.15) is 0 Å². The van der Waals surface area contributed by atoms with Gasteiger partial charge in [-0.05, 0) is 31.5 Å². The van der Waals surface area contributed by atoms with Crippen LogP contribution in [0.25, 0.3) is 10.1 Å². The normalized spacial score (nSPS) is 10.8. The molecule has 90 valence electrons. The van der Waals surface area contributed by atoms with Crippen LogP contribution in [0.5, 0.6) is 0 Å². The molecule has 2 nitrogen and oxygen atoms in total. The predicted octanol–water partition coefficient (Wildman–Crippen LogP) is 4.80. The van der Waals surface area contributed by atoms with Gasteiger partial charge in [-0.25, -0.2) is 4.79 Å². The topological polar surface area (TPSA) is 26.3 Å². The van der Waals surface area contributed by atoms with Crippen molar-refractivity contribution >= 4 is 54.9 Å². The fourth-order valence-corrected chi connectivity index (χ4v) is 3.83. The summed E-state index contributed by atoms with van der Waals surface area (Å²) in [6.45, 7) is 4.08. The molecular formula is C12H10BrClO2S. The van der Waals surface area contributed by atoms with Crippen molar-refractivity contribution in [1.29, 1.82) is 0 Å². The Balaban J connectivity index is 2.68. The van der Waals surface area contributed by atoms with Crippen LogP contribution in [-0.4, -0.2) is 12.6 Å². The number of benzene rings is 1. The quantitative estimate of drug-likeness (QED) is 0.738. The molecule has 2 aromatic rings. The van der Waals surface area contributed by atoms with E-state index in [0.717, 1.165) is 20.1 Å². The Hall–Kier alpha value is -0.580. The van der Waals surface area contributed by atoms with Gasteiger partial charge < -0.3 is 4.74 Å². The molecule has 0 spiro atoms. The first kappa shape index (κ1) is 12.9. The van der Waals surface area contributed by atoms with Crippen molar-refractivity contribution in [3.05, 3.63) is 32.1 Å². The van der Waals surface area contributed by atoms with Crippen molar-refractivity contribution < 1.29 is 9.53 Å². The van der Waals surface area contributed by atoms with Gasteiger partial charge >= 0.3 is 5.97 Å². The summed E-state index contributed by atoms with van der Waals surface area (Å²) < 4.78 is 6.89. The van der Waals surface area contributed by atoms with E-state index in [2.05, 4.69) is 15.9 Å². The van der Waals surface area contributed by atoms with E-state index in [1.165, 1.54) is 11.3 Å². The smallest absolute Gasteiger partial charge is 0.348 e. The number of carbonyl (C=O) groups excluding carboxylic acids is 1. The SMILES string of the molecule is CCOC(=O)c1sc2c(Cl)ccc(Br)c2c1C. The Morgan fingerprint density at radius 3 is 2.82 bits per heavy atom. The average molecular weight is 334 g/mol. The summed E-state index contributed by atoms with van der Waals surface area (Å²) in [6, 6.07) is 3.71. The summed E-state index contributed by atoms with van der Waals surface area (Å²) in [4.78, 5) is 12.4. The molecule has 2 rings (SSSR count). The lowest BCUT2D eigenvalue weighted by molar-refractivity contribution is 0.0531. The van der Waals surface area contributed by atoms with Gasteiger partial charge in [-0.15, -0.1) is 11.3 Å². The van der Waals surface area contributed by atoms with E-state index in [9.17, 15) is 4.79 Å². The van der Waals surface area contributed by atoms with Crippen molar-refractivity contribution in [3.8, 4) is 0 Å². The molecule has 17 heavy (non-hydrogen) atoms. The summed E-state index contributed by atoms with van der Waals surface area (Å²) >= 11 is 11.0. The number of hydrogen-bond donors (Lipinski definition) is 0. The van der Waals surface area contributed by atoms with Gasteiger partial charge in [-0.3, -0.25) is 0 Å². The van der Waals surface area contributed by atoms with Crippen molar-refractivity contribution in [2.75, 3.05) is 6.61 Å². The molecule has 5 heteroatoms. The fourth-order valence-electron chi connectivity index (χ4n) is 1.67. The predicted molar refractivity (Wildman–Crippen MR) is 75.2 cm³/mol. The Morgan fingerprint density at radius 2 is 2.24 bits per heavy atom. The molecule has 0 amide bonds. The number of rotatable bonds is 2. The van der Waals surface area contributed by atoms with Crippen LogP contribution in [0.2, 0.25) is 5.02 Å². The molecule has 0 aliphatic carbocycles. The monoisotopic (exact) mass is 332 g/mol. The van der Waals surface area contributed by atoms with Gasteiger partial charge in [0.15, 0.2) is 0 Å². The first-order chi connectivity index (χ1) is 8.06. The van der Waals surface area contributed by atoms with Gasteiger partial charge in [0, 0.05) is 9.86 Å². The first-order valence-electron chi connectivity index (χ1n) is 5.10. The third-order valence-corrected chi connectivity index (χ3v) is 4.83. The zero-order valence-corrected chi connectivity index (χ0v) is 12.5. The molecule has 1 aromatic heterocycles. The largest absolute Gasteiger partial charge is 0.462 e. The number of thiophene rings is 1. The molecule has 1 aromatic carbocycles. The Bertz CT molecular complexity index is 592. The van der Waals surface area contributed by atoms with E-state index < -0.39 is 0 Å². The Labute approximate surface area is 117 Å². The molecule has 0 saturated carbocycles. The number of carbonyl (C=O) groups is 1. The molecule has 0 aliphatic rings. The highest BCUT2D eigenvalue weighted by molar-refractivity contribution is 9.10. The van der Waals surface area contributed by atoms with Crippen molar-refractivity contribution in [2.24, 2.45) is 0 Å². The summed E-state index contributed by atoms with van der Waals surface area (Å²) in [6.07, 6.45) is 0. The minimum absolute atomic E-state index is 0.283. The third kappa shape index (κ3) is 2.21. The number of aryl methyl sites for hydroxylation is 1. The zero-order valence-electron chi connectivity index (χ0n) is 9.34. The summed E-state index contributed by atoms with van der Waals surface area (Å²) in [5, 5.41) is 1.65. The van der Waals surface area contributed by atoms with Gasteiger partial charge in [0.25, 0.3) is 0 Å². The number of hydrogen-bond acceptors (Lipinski definition) is 3. The third-order valence-electron chi connectivity index (χ3n) is 2.44. The van der Waals surface area contributed by atoms with E-state index in [0.29, 0.717) is 16.5 Å². The summed E-state index contributed by atoms with van der Waals surface area (Å²) in [5.41, 5.74) is 0.915. The van der Waals surface area contributed by atoms with E-state index in [-0.39, 0.29) is 5.97 Å². The highest BCUT2D eigenvalue weighted by Crippen LogP contribution is 2.40. The van der Waals surface area contributed by atoms with E-state index >= 15 is 0 Å². The molecule has 0 atom stereocenters. The standard InChI is InChI=1S/C12H10BrClO2S/c1-3-16-12(15)10-6(2)9-7(13)4-5-8(14)11(9)17-10/h4-5H,3H2,1-2H3. The number of fused-ring (bicyclic) bond motifs is 1. The highest BCUT2D eigenvalue weighted by atomic mass is 79.9. The van der Waals surface area contributed by atoms with Crippen LogP contribution in [0, 0.1) is 6.92 Å². The Kier molecular flexibility index (Phi) is 3.76. The van der Waals surface area contributed by atoms with Crippen LogP contribution in [0.1, 0.15) is 22.2 Å². The molecule has 0 aliphatic heterocycles. The number of esters is 1. The van der Waals surface area contributed by atoms with Gasteiger partial charge in [0.2, 0.25) is 0 Å². The minimum Gasteiger partial charge on any atom is -0.462 e. The molecule has 0 bridgehead atoms. The van der Waals surface area contributed by atoms with Crippen LogP contribution in [0.3, 0.4) is 0 Å². The number of halogens is 2.